The van der Waals surface area contributed by atoms with Crippen molar-refractivity contribution in [2.75, 3.05) is 0 Å². The van der Waals surface area contributed by atoms with E-state index in [2.05, 4.69) is 158 Å². The van der Waals surface area contributed by atoms with Crippen LogP contribution in [0.25, 0.3) is 111 Å². The molecule has 4 nitrogen and oxygen atoms in total. The molecule has 4 heteroatoms. The van der Waals surface area contributed by atoms with Crippen LogP contribution in [0.3, 0.4) is 0 Å². The molecule has 0 fully saturated rings. The van der Waals surface area contributed by atoms with Gasteiger partial charge in [0.15, 0.2) is 5.82 Å². The number of pyridine rings is 1. The van der Waals surface area contributed by atoms with E-state index < -0.39 is 0 Å². The van der Waals surface area contributed by atoms with Crippen molar-refractivity contribution in [2.45, 2.75) is 0 Å². The lowest BCUT2D eigenvalue weighted by atomic mass is 9.94. The van der Waals surface area contributed by atoms with Crippen molar-refractivity contribution in [3.8, 4) is 67.4 Å². The van der Waals surface area contributed by atoms with Crippen LogP contribution in [0.5, 0.6) is 0 Å². The average Bonchev–Trinajstić information content (AvgIpc) is 3.68. The van der Waals surface area contributed by atoms with Gasteiger partial charge < -0.3 is 4.42 Å². The quantitative estimate of drug-likeness (QED) is 0.160. The van der Waals surface area contributed by atoms with Crippen LogP contribution in [0.2, 0.25) is 0 Å². The molecular formula is C53H33N3O. The molecule has 0 bridgehead atoms. The van der Waals surface area contributed by atoms with Gasteiger partial charge >= 0.3 is 0 Å². The van der Waals surface area contributed by atoms with E-state index >= 15 is 0 Å². The lowest BCUT2D eigenvalue weighted by molar-refractivity contribution is 0.669. The minimum atomic E-state index is 0.691. The highest BCUT2D eigenvalue weighted by Gasteiger charge is 2.19. The van der Waals surface area contributed by atoms with Crippen molar-refractivity contribution in [1.82, 2.24) is 15.0 Å². The second-order valence-electron chi connectivity index (χ2n) is 14.3. The fourth-order valence-electron chi connectivity index (χ4n) is 8.16. The first-order valence-electron chi connectivity index (χ1n) is 19.2. The summed E-state index contributed by atoms with van der Waals surface area (Å²) in [6, 6.07) is 69.6. The molecule has 0 aliphatic carbocycles. The van der Waals surface area contributed by atoms with Crippen LogP contribution in [0.1, 0.15) is 0 Å². The Hall–Kier alpha value is -7.69. The minimum absolute atomic E-state index is 0.691. The monoisotopic (exact) mass is 727 g/mol. The van der Waals surface area contributed by atoms with E-state index in [4.69, 9.17) is 19.4 Å². The fourth-order valence-corrected chi connectivity index (χ4v) is 8.16. The third-order valence-electron chi connectivity index (χ3n) is 10.9. The second kappa shape index (κ2) is 13.6. The van der Waals surface area contributed by atoms with Crippen LogP contribution < -0.4 is 0 Å². The van der Waals surface area contributed by atoms with Crippen molar-refractivity contribution >= 4 is 43.6 Å². The van der Waals surface area contributed by atoms with E-state index in [1.807, 2.05) is 42.5 Å². The summed E-state index contributed by atoms with van der Waals surface area (Å²) in [6.45, 7) is 0. The Labute approximate surface area is 329 Å². The highest BCUT2D eigenvalue weighted by Crippen LogP contribution is 2.42. The van der Waals surface area contributed by atoms with E-state index in [-0.39, 0.29) is 0 Å². The van der Waals surface area contributed by atoms with Gasteiger partial charge in [0, 0.05) is 49.2 Å². The Morgan fingerprint density at radius 3 is 1.63 bits per heavy atom. The number of fused-ring (bicyclic) bond motifs is 7. The van der Waals surface area contributed by atoms with Gasteiger partial charge in [-0.25, -0.2) is 15.0 Å². The molecule has 266 valence electrons. The fraction of sp³-hybridized carbons (Fsp3) is 0. The van der Waals surface area contributed by atoms with Crippen LogP contribution in [0.4, 0.5) is 0 Å². The molecule has 0 aliphatic heterocycles. The first kappa shape index (κ1) is 32.7. The van der Waals surface area contributed by atoms with E-state index in [0.29, 0.717) is 5.82 Å². The average molecular weight is 728 g/mol. The summed E-state index contributed by atoms with van der Waals surface area (Å²) in [6.07, 6.45) is 0. The van der Waals surface area contributed by atoms with E-state index in [1.165, 1.54) is 0 Å². The Kier molecular flexibility index (Phi) is 7.78. The zero-order valence-corrected chi connectivity index (χ0v) is 30.8. The molecule has 0 N–H and O–H groups in total. The van der Waals surface area contributed by atoms with Crippen molar-refractivity contribution < 1.29 is 4.42 Å². The Morgan fingerprint density at radius 1 is 0.316 bits per heavy atom. The van der Waals surface area contributed by atoms with Crippen LogP contribution in [0.15, 0.2) is 205 Å². The molecule has 3 aromatic heterocycles. The molecule has 0 radical (unpaired) electrons. The maximum atomic E-state index is 6.40. The number of nitrogens with zero attached hydrogens (tertiary/aromatic N) is 3. The third-order valence-corrected chi connectivity index (χ3v) is 10.9. The number of rotatable bonds is 6. The normalized spacial score (nSPS) is 11.5. The molecule has 0 spiro atoms. The van der Waals surface area contributed by atoms with Crippen molar-refractivity contribution in [3.63, 3.8) is 0 Å². The van der Waals surface area contributed by atoms with Crippen molar-refractivity contribution in [1.29, 1.82) is 0 Å². The molecule has 3 heterocycles. The number of hydrogen-bond donors (Lipinski definition) is 0. The first-order chi connectivity index (χ1) is 28.2. The lowest BCUT2D eigenvalue weighted by Crippen LogP contribution is -1.97. The van der Waals surface area contributed by atoms with Gasteiger partial charge in [-0.1, -0.05) is 164 Å². The van der Waals surface area contributed by atoms with Gasteiger partial charge in [0.2, 0.25) is 0 Å². The highest BCUT2D eigenvalue weighted by molar-refractivity contribution is 6.28. The van der Waals surface area contributed by atoms with Gasteiger partial charge in [0.1, 0.15) is 11.2 Å². The number of furan rings is 1. The largest absolute Gasteiger partial charge is 0.456 e. The Balaban J connectivity index is 1.06. The SMILES string of the molecule is c1ccc(-c2cc(-c3ccc(-c4ccc5nc(-c6ccccc6)c6ccc7oc8ccccc8c7c6c5c4)cc3)nc(-c3ccccc3-c3ccccc3)n2)cc1. The molecule has 0 amide bonds. The molecular weight excluding hydrogens is 695 g/mol. The molecule has 0 saturated heterocycles. The second-order valence-corrected chi connectivity index (χ2v) is 14.3. The molecule has 0 saturated carbocycles. The maximum absolute atomic E-state index is 6.40. The van der Waals surface area contributed by atoms with Crippen LogP contribution >= 0.6 is 0 Å². The topological polar surface area (TPSA) is 51.8 Å². The summed E-state index contributed by atoms with van der Waals surface area (Å²) in [4.78, 5) is 15.6. The molecule has 0 aliphatic rings. The number of hydrogen-bond acceptors (Lipinski definition) is 4. The Morgan fingerprint density at radius 2 is 0.895 bits per heavy atom. The summed E-state index contributed by atoms with van der Waals surface area (Å²) < 4.78 is 6.40. The number of para-hydroxylation sites is 1. The van der Waals surface area contributed by atoms with Crippen molar-refractivity contribution in [3.05, 3.63) is 200 Å². The first-order valence-corrected chi connectivity index (χ1v) is 19.2. The molecule has 0 atom stereocenters. The summed E-state index contributed by atoms with van der Waals surface area (Å²) in [7, 11) is 0. The van der Waals surface area contributed by atoms with Gasteiger partial charge in [-0.15, -0.1) is 0 Å². The third kappa shape index (κ3) is 5.74. The van der Waals surface area contributed by atoms with E-state index in [1.54, 1.807) is 0 Å². The van der Waals surface area contributed by atoms with Crippen molar-refractivity contribution in [2.24, 2.45) is 0 Å². The molecule has 57 heavy (non-hydrogen) atoms. The summed E-state index contributed by atoms with van der Waals surface area (Å²) in [5, 5.41) is 5.56. The standard InChI is InChI=1S/C53H33N3O/c1-4-14-35(15-5-1)40-20-10-11-21-41(40)53-55-46(36-16-6-2-7-17-36)33-47(56-53)37-26-24-34(25-27-37)39-28-30-45-44(32-39)50-43(52(54-45)38-18-8-3-9-19-38)29-31-49-51(50)42-22-12-13-23-48(42)57-49/h1-33H. The van der Waals surface area contributed by atoms with Gasteiger partial charge in [0.05, 0.1) is 22.6 Å². The predicted molar refractivity (Wildman–Crippen MR) is 235 cm³/mol. The smallest absolute Gasteiger partial charge is 0.161 e. The summed E-state index contributed by atoms with van der Waals surface area (Å²) in [5.74, 6) is 0.691. The zero-order chi connectivity index (χ0) is 37.7. The predicted octanol–water partition coefficient (Wildman–Crippen LogP) is 14.1. The zero-order valence-electron chi connectivity index (χ0n) is 30.8. The van der Waals surface area contributed by atoms with Gasteiger partial charge in [-0.3, -0.25) is 0 Å². The highest BCUT2D eigenvalue weighted by atomic mass is 16.3. The van der Waals surface area contributed by atoms with Gasteiger partial charge in [-0.2, -0.15) is 0 Å². The summed E-state index contributed by atoms with van der Waals surface area (Å²) >= 11 is 0. The molecule has 0 unspecified atom stereocenters. The Bertz CT molecular complexity index is 3260. The molecule has 11 rings (SSSR count). The van der Waals surface area contributed by atoms with Gasteiger partial charge in [-0.05, 0) is 58.7 Å². The molecule has 11 aromatic rings. The van der Waals surface area contributed by atoms with E-state index in [0.717, 1.165) is 105 Å². The maximum Gasteiger partial charge on any atom is 0.161 e. The number of aromatic nitrogens is 3. The minimum Gasteiger partial charge on any atom is -0.456 e. The lowest BCUT2D eigenvalue weighted by Gasteiger charge is -2.14. The number of benzene rings is 8. The van der Waals surface area contributed by atoms with Gasteiger partial charge in [0.25, 0.3) is 0 Å². The van der Waals surface area contributed by atoms with Crippen LogP contribution in [-0.2, 0) is 0 Å². The van der Waals surface area contributed by atoms with Crippen LogP contribution in [-0.4, -0.2) is 15.0 Å². The van der Waals surface area contributed by atoms with Crippen LogP contribution in [0, 0.1) is 0 Å². The molecule has 8 aromatic carbocycles. The summed E-state index contributed by atoms with van der Waals surface area (Å²) in [5.41, 5.74) is 14.0. The van der Waals surface area contributed by atoms with E-state index in [9.17, 15) is 0 Å².